The average molecular weight is 559 g/mol. The highest BCUT2D eigenvalue weighted by Crippen LogP contribution is 2.73. The summed E-state index contributed by atoms with van der Waals surface area (Å²) < 4.78 is 23.3. The number of esters is 2. The van der Waals surface area contributed by atoms with E-state index in [1.165, 1.54) is 20.1 Å². The topological polar surface area (TPSA) is 166 Å². The van der Waals surface area contributed by atoms with Crippen molar-refractivity contribution >= 4 is 23.5 Å². The number of methoxy groups -OCH3 is 1. The number of rotatable bonds is 1. The lowest BCUT2D eigenvalue weighted by Gasteiger charge is -2.60. The van der Waals surface area contributed by atoms with Crippen molar-refractivity contribution in [2.24, 2.45) is 28.6 Å². The van der Waals surface area contributed by atoms with Gasteiger partial charge in [-0.1, -0.05) is 25.2 Å². The SMILES string of the molecule is C=C1C(=O)O[C@@H]2C[C@@]1(C)[C@@H]1C(=O)[C@]3(O)O[C@]14[C@@]2(C)OC(=O)[C@@]4(O)CC[C@H]1[C@H]3[C@H](O)C=C2CC(OC)CC(=O)[C@@]21C. The van der Waals surface area contributed by atoms with Gasteiger partial charge in [0.2, 0.25) is 5.79 Å². The Morgan fingerprint density at radius 3 is 2.48 bits per heavy atom. The van der Waals surface area contributed by atoms with Crippen molar-refractivity contribution in [3.05, 3.63) is 23.8 Å². The summed E-state index contributed by atoms with van der Waals surface area (Å²) in [6.07, 6.45) is -1.15. The first-order chi connectivity index (χ1) is 18.6. The number of fused-ring (bicyclic) bond motifs is 9. The van der Waals surface area contributed by atoms with Gasteiger partial charge in [-0.15, -0.1) is 0 Å². The number of hydrogen-bond acceptors (Lipinski definition) is 11. The van der Waals surface area contributed by atoms with E-state index in [2.05, 4.69) is 6.58 Å². The molecule has 7 aliphatic rings. The Bertz CT molecular complexity index is 1350. The Balaban J connectivity index is 1.49. The molecule has 0 radical (unpaired) electrons. The zero-order valence-electron chi connectivity index (χ0n) is 22.9. The molecule has 2 saturated carbocycles. The number of hydrogen-bond donors (Lipinski definition) is 3. The van der Waals surface area contributed by atoms with Crippen molar-refractivity contribution in [2.75, 3.05) is 7.11 Å². The molecule has 3 N–H and O–H groups in total. The average Bonchev–Trinajstić information content (AvgIpc) is 3.23. The van der Waals surface area contributed by atoms with E-state index in [1.54, 1.807) is 13.8 Å². The molecule has 0 amide bonds. The summed E-state index contributed by atoms with van der Waals surface area (Å²) >= 11 is 0. The van der Waals surface area contributed by atoms with Gasteiger partial charge in [0.05, 0.1) is 29.5 Å². The first kappa shape index (κ1) is 26.5. The van der Waals surface area contributed by atoms with Crippen LogP contribution in [0, 0.1) is 28.6 Å². The molecule has 216 valence electrons. The molecule has 40 heavy (non-hydrogen) atoms. The summed E-state index contributed by atoms with van der Waals surface area (Å²) in [6, 6.07) is 0. The third kappa shape index (κ3) is 2.45. The van der Waals surface area contributed by atoms with Gasteiger partial charge in [-0.25, -0.2) is 9.59 Å². The fourth-order valence-electron chi connectivity index (χ4n) is 9.74. The van der Waals surface area contributed by atoms with Gasteiger partial charge in [-0.05, 0) is 45.4 Å². The fraction of sp³-hybridized carbons (Fsp3) is 0.724. The normalized spacial score (nSPS) is 56.3. The quantitative estimate of drug-likeness (QED) is 0.230. The Kier molecular flexibility index (Phi) is 4.83. The molecule has 0 aromatic heterocycles. The second-order valence-electron chi connectivity index (χ2n) is 13.4. The molecule has 4 bridgehead atoms. The third-order valence-corrected chi connectivity index (χ3v) is 12.0. The molecule has 0 aromatic carbocycles. The Labute approximate surface area is 230 Å². The molecule has 4 aliphatic heterocycles. The summed E-state index contributed by atoms with van der Waals surface area (Å²) in [5.74, 6) is -9.26. The van der Waals surface area contributed by atoms with Crippen LogP contribution in [0.4, 0.5) is 0 Å². The Hall–Kier alpha value is -2.44. The highest BCUT2D eigenvalue weighted by molar-refractivity contribution is 6.01. The lowest BCUT2D eigenvalue weighted by atomic mass is 9.47. The molecule has 7 rings (SSSR count). The highest BCUT2D eigenvalue weighted by atomic mass is 16.7. The van der Waals surface area contributed by atoms with Gasteiger partial charge >= 0.3 is 11.9 Å². The largest absolute Gasteiger partial charge is 0.455 e. The predicted octanol–water partition coefficient (Wildman–Crippen LogP) is 0.279. The van der Waals surface area contributed by atoms with E-state index in [1.807, 2.05) is 0 Å². The second kappa shape index (κ2) is 7.30. The summed E-state index contributed by atoms with van der Waals surface area (Å²) in [6.45, 7) is 8.68. The van der Waals surface area contributed by atoms with Crippen LogP contribution in [0.2, 0.25) is 0 Å². The van der Waals surface area contributed by atoms with Gasteiger partial charge in [0.1, 0.15) is 11.9 Å². The maximum atomic E-state index is 14.7. The van der Waals surface area contributed by atoms with Crippen molar-refractivity contribution in [2.45, 2.75) is 93.8 Å². The van der Waals surface area contributed by atoms with Gasteiger partial charge in [-0.3, -0.25) is 9.59 Å². The molecule has 3 aliphatic carbocycles. The first-order valence-electron chi connectivity index (χ1n) is 13.8. The number of ketones is 2. The molecule has 11 heteroatoms. The summed E-state index contributed by atoms with van der Waals surface area (Å²) in [4.78, 5) is 55.0. The van der Waals surface area contributed by atoms with Gasteiger partial charge in [0.15, 0.2) is 22.6 Å². The van der Waals surface area contributed by atoms with Gasteiger partial charge in [0, 0.05) is 24.5 Å². The first-order valence-corrected chi connectivity index (χ1v) is 13.8. The molecule has 4 saturated heterocycles. The van der Waals surface area contributed by atoms with Crippen molar-refractivity contribution in [1.29, 1.82) is 0 Å². The van der Waals surface area contributed by atoms with E-state index in [0.29, 0.717) is 12.0 Å². The van der Waals surface area contributed by atoms with E-state index in [4.69, 9.17) is 18.9 Å². The van der Waals surface area contributed by atoms with Crippen LogP contribution in [-0.2, 0) is 38.1 Å². The fourth-order valence-corrected chi connectivity index (χ4v) is 9.74. The Morgan fingerprint density at radius 1 is 1.10 bits per heavy atom. The lowest BCUT2D eigenvalue weighted by Crippen LogP contribution is -2.77. The van der Waals surface area contributed by atoms with Crippen molar-refractivity contribution in [3.63, 3.8) is 0 Å². The summed E-state index contributed by atoms with van der Waals surface area (Å²) in [5.41, 5.74) is -8.43. The van der Waals surface area contributed by atoms with Crippen molar-refractivity contribution in [1.82, 2.24) is 0 Å². The minimum atomic E-state index is -2.73. The molecule has 6 fully saturated rings. The smallest absolute Gasteiger partial charge is 0.342 e. The van der Waals surface area contributed by atoms with Crippen LogP contribution < -0.4 is 0 Å². The summed E-state index contributed by atoms with van der Waals surface area (Å²) in [5, 5.41) is 36.3. The van der Waals surface area contributed by atoms with Crippen molar-refractivity contribution < 1.29 is 53.4 Å². The molecule has 0 aromatic rings. The molecule has 1 spiro atoms. The molecule has 1 unspecified atom stereocenters. The van der Waals surface area contributed by atoms with E-state index < -0.39 is 81.1 Å². The molecular formula is C29H34O11. The van der Waals surface area contributed by atoms with Crippen LogP contribution in [0.15, 0.2) is 23.8 Å². The van der Waals surface area contributed by atoms with Crippen molar-refractivity contribution in [3.8, 4) is 0 Å². The van der Waals surface area contributed by atoms with Crippen LogP contribution >= 0.6 is 0 Å². The number of carbonyl (C=O) groups is 4. The maximum Gasteiger partial charge on any atom is 0.342 e. The highest BCUT2D eigenvalue weighted by Gasteiger charge is 2.92. The number of ether oxygens (including phenoxy) is 4. The minimum absolute atomic E-state index is 0.00380. The lowest BCUT2D eigenvalue weighted by molar-refractivity contribution is -0.345. The monoisotopic (exact) mass is 558 g/mol. The van der Waals surface area contributed by atoms with E-state index in [0.717, 1.165) is 0 Å². The number of aliphatic hydroxyl groups excluding tert-OH is 1. The molecular weight excluding hydrogens is 524 g/mol. The number of carbonyl (C=O) groups excluding carboxylic acids is 4. The molecule has 4 heterocycles. The van der Waals surface area contributed by atoms with Crippen LogP contribution in [0.5, 0.6) is 0 Å². The van der Waals surface area contributed by atoms with Crippen LogP contribution in [0.1, 0.15) is 52.9 Å². The van der Waals surface area contributed by atoms with Crippen LogP contribution in [0.3, 0.4) is 0 Å². The molecule has 11 nitrogen and oxygen atoms in total. The van der Waals surface area contributed by atoms with E-state index >= 15 is 0 Å². The minimum Gasteiger partial charge on any atom is -0.455 e. The Morgan fingerprint density at radius 2 is 1.80 bits per heavy atom. The van der Waals surface area contributed by atoms with Gasteiger partial charge in [-0.2, -0.15) is 0 Å². The third-order valence-electron chi connectivity index (χ3n) is 12.0. The van der Waals surface area contributed by atoms with E-state index in [-0.39, 0.29) is 43.1 Å². The maximum absolute atomic E-state index is 14.7. The second-order valence-corrected chi connectivity index (χ2v) is 13.4. The predicted molar refractivity (Wildman–Crippen MR) is 132 cm³/mol. The molecule has 12 atom stereocenters. The van der Waals surface area contributed by atoms with E-state index in [9.17, 15) is 34.5 Å². The zero-order chi connectivity index (χ0) is 29.0. The zero-order valence-corrected chi connectivity index (χ0v) is 22.9. The summed E-state index contributed by atoms with van der Waals surface area (Å²) in [7, 11) is 1.51. The van der Waals surface area contributed by atoms with Crippen LogP contribution in [0.25, 0.3) is 0 Å². The van der Waals surface area contributed by atoms with Gasteiger partial charge in [0.25, 0.3) is 0 Å². The van der Waals surface area contributed by atoms with Gasteiger partial charge < -0.3 is 34.3 Å². The number of Topliss-reactive ketones (excluding diaryl/α,β-unsaturated/α-hetero) is 2. The standard InChI is InChI=1S/C29H34O11/c1-12-22(33)38-18-11-24(12,2)20-21(32)28(36)19-15(6-7-27(35)23(34)39-26(18,4)29(20,27)40-28)25(3)13(9-16(19)30)8-14(37-5)10-17(25)31/h9,14-16,18-20,30,35-36H,1,6-8,10-11H2,2-5H3/t14?,15-,16+,18+,19-,20-,24+,25-,26-,27-,28+,29-/m0/s1. The number of aliphatic hydroxyl groups is 3. The van der Waals surface area contributed by atoms with Crippen LogP contribution in [-0.4, -0.2) is 86.8 Å².